The largest absolute Gasteiger partial charge is 0.493 e. The molecule has 0 saturated heterocycles. The van der Waals surface area contributed by atoms with E-state index in [0.29, 0.717) is 25.4 Å². The lowest BCUT2D eigenvalue weighted by Crippen LogP contribution is -2.15. The van der Waals surface area contributed by atoms with Crippen LogP contribution in [-0.4, -0.2) is 32.0 Å². The molecular formula is C12H16FNO4. The Bertz CT molecular complexity index is 439. The lowest BCUT2D eigenvalue weighted by Gasteiger charge is -2.19. The number of fused-ring (bicyclic) bond motifs is 1. The molecule has 100 valence electrons. The van der Waals surface area contributed by atoms with E-state index >= 15 is 0 Å². The second kappa shape index (κ2) is 5.41. The number of methoxy groups -OCH3 is 1. The van der Waals surface area contributed by atoms with Crippen molar-refractivity contribution >= 4 is 0 Å². The van der Waals surface area contributed by atoms with Crippen molar-refractivity contribution in [2.45, 2.75) is 12.5 Å². The first-order valence-corrected chi connectivity index (χ1v) is 5.73. The normalized spacial score (nSPS) is 16.0. The minimum Gasteiger partial charge on any atom is -0.493 e. The van der Waals surface area contributed by atoms with Crippen molar-refractivity contribution < 1.29 is 23.7 Å². The summed E-state index contributed by atoms with van der Waals surface area (Å²) in [5.41, 5.74) is 5.63. The van der Waals surface area contributed by atoms with Crippen molar-refractivity contribution in [3.05, 3.63) is 17.4 Å². The first-order chi connectivity index (χ1) is 8.69. The van der Waals surface area contributed by atoms with Gasteiger partial charge >= 0.3 is 0 Å². The predicted molar refractivity (Wildman–Crippen MR) is 62.6 cm³/mol. The van der Waals surface area contributed by atoms with Crippen LogP contribution in [0.4, 0.5) is 4.39 Å². The molecule has 0 spiro atoms. The van der Waals surface area contributed by atoms with Gasteiger partial charge in [-0.2, -0.15) is 0 Å². The number of benzene rings is 1. The highest BCUT2D eigenvalue weighted by atomic mass is 19.1. The van der Waals surface area contributed by atoms with E-state index in [2.05, 4.69) is 0 Å². The molecular weight excluding hydrogens is 241 g/mol. The summed E-state index contributed by atoms with van der Waals surface area (Å²) < 4.78 is 29.7. The van der Waals surface area contributed by atoms with Crippen LogP contribution in [0.2, 0.25) is 0 Å². The maximum atomic E-state index is 13.9. The zero-order valence-electron chi connectivity index (χ0n) is 10.1. The maximum absolute atomic E-state index is 13.9. The Labute approximate surface area is 104 Å². The molecule has 0 radical (unpaired) electrons. The molecule has 0 aliphatic carbocycles. The van der Waals surface area contributed by atoms with Gasteiger partial charge in [-0.05, 0) is 0 Å². The van der Waals surface area contributed by atoms with Gasteiger partial charge in [-0.3, -0.25) is 0 Å². The molecule has 1 unspecified atom stereocenters. The molecule has 1 aliphatic heterocycles. The van der Waals surface area contributed by atoms with E-state index in [0.717, 1.165) is 0 Å². The number of hydrogen-bond acceptors (Lipinski definition) is 5. The van der Waals surface area contributed by atoms with E-state index in [1.165, 1.54) is 13.2 Å². The predicted octanol–water partition coefficient (Wildman–Crippen LogP) is 0.988. The van der Waals surface area contributed by atoms with E-state index in [-0.39, 0.29) is 23.6 Å². The molecule has 1 heterocycles. The smallest absolute Gasteiger partial charge is 0.170 e. The van der Waals surface area contributed by atoms with Crippen molar-refractivity contribution in [2.75, 3.05) is 26.9 Å². The zero-order chi connectivity index (χ0) is 13.1. The van der Waals surface area contributed by atoms with Crippen molar-refractivity contribution in [3.63, 3.8) is 0 Å². The Morgan fingerprint density at radius 2 is 2.22 bits per heavy atom. The summed E-state index contributed by atoms with van der Waals surface area (Å²) in [5, 5.41) is 9.91. The van der Waals surface area contributed by atoms with E-state index < -0.39 is 11.9 Å². The Morgan fingerprint density at radius 3 is 2.89 bits per heavy atom. The molecule has 0 fully saturated rings. The van der Waals surface area contributed by atoms with Crippen molar-refractivity contribution in [1.82, 2.24) is 0 Å². The summed E-state index contributed by atoms with van der Waals surface area (Å²) in [6.07, 6.45) is -0.373. The van der Waals surface area contributed by atoms with E-state index in [4.69, 9.17) is 19.9 Å². The Morgan fingerprint density at radius 1 is 1.50 bits per heavy atom. The quantitative estimate of drug-likeness (QED) is 0.844. The number of rotatable bonds is 3. The summed E-state index contributed by atoms with van der Waals surface area (Å²) in [6.45, 7) is 0.818. The number of ether oxygens (including phenoxy) is 3. The number of hydrogen-bond donors (Lipinski definition) is 2. The molecule has 2 rings (SSSR count). The van der Waals surface area contributed by atoms with Crippen LogP contribution in [0.3, 0.4) is 0 Å². The number of aliphatic hydroxyl groups excluding tert-OH is 1. The zero-order valence-corrected chi connectivity index (χ0v) is 10.1. The van der Waals surface area contributed by atoms with Gasteiger partial charge in [0, 0.05) is 19.0 Å². The monoisotopic (exact) mass is 257 g/mol. The molecule has 3 N–H and O–H groups in total. The van der Waals surface area contributed by atoms with Crippen LogP contribution < -0.4 is 19.9 Å². The molecule has 0 amide bonds. The molecule has 18 heavy (non-hydrogen) atoms. The molecule has 0 bridgehead atoms. The van der Waals surface area contributed by atoms with Crippen LogP contribution in [-0.2, 0) is 0 Å². The van der Waals surface area contributed by atoms with Crippen molar-refractivity contribution in [1.29, 1.82) is 0 Å². The van der Waals surface area contributed by atoms with Gasteiger partial charge in [0.15, 0.2) is 23.1 Å². The van der Waals surface area contributed by atoms with Gasteiger partial charge in [0.1, 0.15) is 0 Å². The Balaban J connectivity index is 2.60. The average Bonchev–Trinajstić information content (AvgIpc) is 2.61. The third-order valence-electron chi connectivity index (χ3n) is 2.74. The average molecular weight is 257 g/mol. The lowest BCUT2D eigenvalue weighted by molar-refractivity contribution is 0.173. The highest BCUT2D eigenvalue weighted by Crippen LogP contribution is 2.43. The van der Waals surface area contributed by atoms with Gasteiger partial charge in [0.25, 0.3) is 0 Å². The summed E-state index contributed by atoms with van der Waals surface area (Å²) in [7, 11) is 1.33. The Hall–Kier alpha value is -1.53. The van der Waals surface area contributed by atoms with Gasteiger partial charge in [0.2, 0.25) is 0 Å². The van der Waals surface area contributed by atoms with Crippen LogP contribution in [0.25, 0.3) is 0 Å². The fraction of sp³-hybridized carbons (Fsp3) is 0.500. The minimum atomic E-state index is -1.06. The molecule has 6 heteroatoms. The molecule has 5 nitrogen and oxygen atoms in total. The number of nitrogens with two attached hydrogens (primary N) is 1. The molecule has 1 atom stereocenters. The standard InChI is InChI=1S/C12H16FNO4/c1-16-11-7(13)5-9-12(10(11)8(15)6-14)18-4-2-3-17-9/h5,8,15H,2-4,6,14H2,1H3. The highest BCUT2D eigenvalue weighted by Gasteiger charge is 2.27. The van der Waals surface area contributed by atoms with Gasteiger partial charge in [-0.1, -0.05) is 0 Å². The maximum Gasteiger partial charge on any atom is 0.170 e. The summed E-state index contributed by atoms with van der Waals surface area (Å²) in [5.74, 6) is -0.0848. The topological polar surface area (TPSA) is 73.9 Å². The fourth-order valence-corrected chi connectivity index (χ4v) is 1.91. The fourth-order valence-electron chi connectivity index (χ4n) is 1.91. The Kier molecular flexibility index (Phi) is 3.88. The van der Waals surface area contributed by atoms with Gasteiger partial charge in [-0.15, -0.1) is 0 Å². The van der Waals surface area contributed by atoms with Crippen molar-refractivity contribution in [3.8, 4) is 17.2 Å². The number of aliphatic hydroxyl groups is 1. The van der Waals surface area contributed by atoms with Crippen LogP contribution >= 0.6 is 0 Å². The SMILES string of the molecule is COc1c(F)cc2c(c1C(O)CN)OCCCO2. The van der Waals surface area contributed by atoms with Crippen LogP contribution in [0, 0.1) is 5.82 Å². The van der Waals surface area contributed by atoms with Crippen LogP contribution in [0.1, 0.15) is 18.1 Å². The molecule has 1 aromatic rings. The molecule has 1 aliphatic rings. The minimum absolute atomic E-state index is 0.0581. The lowest BCUT2D eigenvalue weighted by atomic mass is 10.1. The molecule has 0 aromatic heterocycles. The number of halogens is 1. The van der Waals surface area contributed by atoms with E-state index in [9.17, 15) is 9.50 Å². The second-order valence-electron chi connectivity index (χ2n) is 3.93. The first kappa shape index (κ1) is 12.9. The van der Waals surface area contributed by atoms with Crippen LogP contribution in [0.5, 0.6) is 17.2 Å². The third kappa shape index (κ3) is 2.21. The first-order valence-electron chi connectivity index (χ1n) is 5.73. The highest BCUT2D eigenvalue weighted by molar-refractivity contribution is 5.56. The van der Waals surface area contributed by atoms with Gasteiger partial charge in [0.05, 0.1) is 32.0 Å². The summed E-state index contributed by atoms with van der Waals surface area (Å²) >= 11 is 0. The van der Waals surface area contributed by atoms with Crippen LogP contribution in [0.15, 0.2) is 6.07 Å². The third-order valence-corrected chi connectivity index (χ3v) is 2.74. The molecule has 1 aromatic carbocycles. The van der Waals surface area contributed by atoms with Crippen molar-refractivity contribution in [2.24, 2.45) is 5.73 Å². The van der Waals surface area contributed by atoms with Gasteiger partial charge in [-0.25, -0.2) is 4.39 Å². The van der Waals surface area contributed by atoms with Gasteiger partial charge < -0.3 is 25.1 Å². The summed E-state index contributed by atoms with van der Waals surface area (Å²) in [6, 6.07) is 1.20. The molecule has 0 saturated carbocycles. The summed E-state index contributed by atoms with van der Waals surface area (Å²) in [4.78, 5) is 0. The van der Waals surface area contributed by atoms with E-state index in [1.807, 2.05) is 0 Å². The van der Waals surface area contributed by atoms with E-state index in [1.54, 1.807) is 0 Å². The second-order valence-corrected chi connectivity index (χ2v) is 3.93.